The summed E-state index contributed by atoms with van der Waals surface area (Å²) < 4.78 is 12.1. The van der Waals surface area contributed by atoms with Gasteiger partial charge in [-0.2, -0.15) is 0 Å². The predicted molar refractivity (Wildman–Crippen MR) is 82.2 cm³/mol. The maximum Gasteiger partial charge on any atom is 0.237 e. The normalized spacial score (nSPS) is 11.8. The molecule has 3 N–H and O–H groups in total. The van der Waals surface area contributed by atoms with E-state index in [1.165, 1.54) is 6.07 Å². The van der Waals surface area contributed by atoms with Gasteiger partial charge in [0.1, 0.15) is 5.75 Å². The summed E-state index contributed by atoms with van der Waals surface area (Å²) in [5.41, 5.74) is 6.76. The van der Waals surface area contributed by atoms with Crippen molar-refractivity contribution in [1.29, 1.82) is 0 Å². The van der Waals surface area contributed by atoms with Crippen molar-refractivity contribution in [2.24, 2.45) is 0 Å². The highest BCUT2D eigenvalue weighted by Gasteiger charge is 2.13. The van der Waals surface area contributed by atoms with E-state index in [2.05, 4.69) is 5.32 Å². The first-order valence-electron chi connectivity index (χ1n) is 5.84. The summed E-state index contributed by atoms with van der Waals surface area (Å²) >= 11 is 5.84. The maximum atomic E-state index is 12.1. The fourth-order valence-corrected chi connectivity index (χ4v) is 2.91. The van der Waals surface area contributed by atoms with Crippen molar-refractivity contribution >= 4 is 39.7 Å². The van der Waals surface area contributed by atoms with Gasteiger partial charge < -0.3 is 11.1 Å². The minimum atomic E-state index is -1.53. The lowest BCUT2D eigenvalue weighted by atomic mass is 10.3. The molecular weight excluding hydrogens is 296 g/mol. The van der Waals surface area contributed by atoms with E-state index in [1.807, 2.05) is 18.2 Å². The molecule has 0 radical (unpaired) electrons. The molecule has 0 fully saturated rings. The molecule has 2 aromatic rings. The van der Waals surface area contributed by atoms with Crippen LogP contribution < -0.4 is 11.1 Å². The highest BCUT2D eigenvalue weighted by atomic mass is 35.5. The summed E-state index contributed by atoms with van der Waals surface area (Å²) in [6.45, 7) is 0. The Bertz CT molecular complexity index is 647. The number of anilines is 2. The average Bonchev–Trinajstić information content (AvgIpc) is 2.42. The molecule has 0 aromatic heterocycles. The first-order chi connectivity index (χ1) is 9.56. The monoisotopic (exact) mass is 308 g/mol. The number of halogens is 1. The van der Waals surface area contributed by atoms with Gasteiger partial charge in [0.2, 0.25) is 5.91 Å². The van der Waals surface area contributed by atoms with Gasteiger partial charge in [0, 0.05) is 16.4 Å². The van der Waals surface area contributed by atoms with Crippen LogP contribution in [0.15, 0.2) is 53.4 Å². The molecule has 6 heteroatoms. The quantitative estimate of drug-likeness (QED) is 0.853. The van der Waals surface area contributed by atoms with Gasteiger partial charge in [-0.05, 0) is 30.3 Å². The maximum absolute atomic E-state index is 12.1. The number of hydrogen-bond donors (Lipinski definition) is 2. The number of carbonyl (C=O) groups is 1. The van der Waals surface area contributed by atoms with E-state index >= 15 is 0 Å². The number of nitrogen functional groups attached to an aromatic ring is 1. The van der Waals surface area contributed by atoms with Crippen molar-refractivity contribution in [2.75, 3.05) is 16.8 Å². The van der Waals surface area contributed by atoms with Crippen LogP contribution in [0.1, 0.15) is 0 Å². The zero-order valence-corrected chi connectivity index (χ0v) is 12.1. The SMILES string of the molecule is Nc1ccc(Cl)cc1S(=O)CC(=O)Nc1ccccc1. The highest BCUT2D eigenvalue weighted by Crippen LogP contribution is 2.21. The van der Waals surface area contributed by atoms with Crippen LogP contribution >= 0.6 is 11.6 Å². The Balaban J connectivity index is 2.04. The first kappa shape index (κ1) is 14.6. The number of hydrogen-bond acceptors (Lipinski definition) is 3. The van der Waals surface area contributed by atoms with Crippen LogP contribution in [0.2, 0.25) is 5.02 Å². The summed E-state index contributed by atoms with van der Waals surface area (Å²) in [7, 11) is -1.53. The van der Waals surface area contributed by atoms with Crippen LogP contribution in [0.3, 0.4) is 0 Å². The van der Waals surface area contributed by atoms with Crippen molar-refractivity contribution in [3.63, 3.8) is 0 Å². The third-order valence-corrected chi connectivity index (χ3v) is 4.14. The summed E-state index contributed by atoms with van der Waals surface area (Å²) in [6.07, 6.45) is 0. The molecule has 0 saturated heterocycles. The van der Waals surface area contributed by atoms with Crippen LogP contribution in [0.5, 0.6) is 0 Å². The van der Waals surface area contributed by atoms with Gasteiger partial charge in [-0.25, -0.2) is 0 Å². The lowest BCUT2D eigenvalue weighted by molar-refractivity contribution is -0.113. The van der Waals surface area contributed by atoms with E-state index in [0.29, 0.717) is 21.3 Å². The molecule has 104 valence electrons. The van der Waals surface area contributed by atoms with Gasteiger partial charge in [0.25, 0.3) is 0 Å². The van der Waals surface area contributed by atoms with E-state index < -0.39 is 10.8 Å². The van der Waals surface area contributed by atoms with E-state index in [9.17, 15) is 9.00 Å². The summed E-state index contributed by atoms with van der Waals surface area (Å²) in [6, 6.07) is 13.7. The minimum absolute atomic E-state index is 0.167. The van der Waals surface area contributed by atoms with Crippen LogP contribution in [0.25, 0.3) is 0 Å². The average molecular weight is 309 g/mol. The predicted octanol–water partition coefficient (Wildman–Crippen LogP) is 2.67. The Hall–Kier alpha value is -1.85. The van der Waals surface area contributed by atoms with Crippen molar-refractivity contribution in [2.45, 2.75) is 4.90 Å². The molecule has 0 bridgehead atoms. The summed E-state index contributed by atoms with van der Waals surface area (Å²) in [4.78, 5) is 12.2. The molecule has 0 aliphatic carbocycles. The molecular formula is C14H13ClN2O2S. The Morgan fingerprint density at radius 3 is 2.60 bits per heavy atom. The zero-order valence-electron chi connectivity index (χ0n) is 10.5. The molecule has 0 heterocycles. The van der Waals surface area contributed by atoms with Gasteiger partial charge in [-0.3, -0.25) is 9.00 Å². The second-order valence-corrected chi connectivity index (χ2v) is 5.94. The first-order valence-corrected chi connectivity index (χ1v) is 7.54. The Morgan fingerprint density at radius 2 is 1.90 bits per heavy atom. The van der Waals surface area contributed by atoms with Gasteiger partial charge >= 0.3 is 0 Å². The van der Waals surface area contributed by atoms with Gasteiger partial charge in [0.05, 0.1) is 15.7 Å². The van der Waals surface area contributed by atoms with Gasteiger partial charge in [-0.15, -0.1) is 0 Å². The van der Waals surface area contributed by atoms with Crippen molar-refractivity contribution in [3.05, 3.63) is 53.6 Å². The van der Waals surface area contributed by atoms with E-state index in [1.54, 1.807) is 24.3 Å². The number of para-hydroxylation sites is 1. The van der Waals surface area contributed by atoms with Crippen molar-refractivity contribution < 1.29 is 9.00 Å². The molecule has 1 amide bonds. The molecule has 0 aliphatic rings. The van der Waals surface area contributed by atoms with E-state index in [4.69, 9.17) is 17.3 Å². The molecule has 2 aromatic carbocycles. The number of benzene rings is 2. The summed E-state index contributed by atoms with van der Waals surface area (Å²) in [5.74, 6) is -0.506. The van der Waals surface area contributed by atoms with Crippen molar-refractivity contribution in [3.8, 4) is 0 Å². The molecule has 20 heavy (non-hydrogen) atoms. The number of carbonyl (C=O) groups excluding carboxylic acids is 1. The molecule has 0 saturated carbocycles. The smallest absolute Gasteiger partial charge is 0.237 e. The van der Waals surface area contributed by atoms with Crippen LogP contribution in [-0.2, 0) is 15.6 Å². The molecule has 2 rings (SSSR count). The van der Waals surface area contributed by atoms with Gasteiger partial charge in [-0.1, -0.05) is 29.8 Å². The third-order valence-electron chi connectivity index (χ3n) is 2.54. The number of nitrogens with two attached hydrogens (primary N) is 1. The van der Waals surface area contributed by atoms with Crippen LogP contribution in [-0.4, -0.2) is 15.9 Å². The third kappa shape index (κ3) is 3.82. The van der Waals surface area contributed by atoms with Crippen LogP contribution in [0, 0.1) is 0 Å². The second-order valence-electron chi connectivity index (χ2n) is 4.09. The molecule has 1 unspecified atom stereocenters. The Morgan fingerprint density at radius 1 is 1.20 bits per heavy atom. The standard InChI is InChI=1S/C14H13ClN2O2S/c15-10-6-7-12(16)13(8-10)20(19)9-14(18)17-11-4-2-1-3-5-11/h1-8H,9,16H2,(H,17,18). The Labute approximate surface area is 124 Å². The lowest BCUT2D eigenvalue weighted by Gasteiger charge is -2.07. The largest absolute Gasteiger partial charge is 0.398 e. The minimum Gasteiger partial charge on any atom is -0.398 e. The molecule has 1 atom stereocenters. The highest BCUT2D eigenvalue weighted by molar-refractivity contribution is 7.86. The fourth-order valence-electron chi connectivity index (χ4n) is 1.62. The van der Waals surface area contributed by atoms with Crippen molar-refractivity contribution in [1.82, 2.24) is 0 Å². The number of amides is 1. The van der Waals surface area contributed by atoms with E-state index in [-0.39, 0.29) is 11.7 Å². The lowest BCUT2D eigenvalue weighted by Crippen LogP contribution is -2.20. The zero-order chi connectivity index (χ0) is 14.5. The number of nitrogens with one attached hydrogen (secondary N) is 1. The molecule has 0 spiro atoms. The molecule has 0 aliphatic heterocycles. The topological polar surface area (TPSA) is 72.2 Å². The second kappa shape index (κ2) is 6.54. The number of rotatable bonds is 4. The van der Waals surface area contributed by atoms with Crippen LogP contribution in [0.4, 0.5) is 11.4 Å². The summed E-state index contributed by atoms with van der Waals surface area (Å²) in [5, 5.41) is 3.11. The van der Waals surface area contributed by atoms with Gasteiger partial charge in [0.15, 0.2) is 0 Å². The molecule has 4 nitrogen and oxygen atoms in total. The Kier molecular flexibility index (Phi) is 4.76. The fraction of sp³-hybridized carbons (Fsp3) is 0.0714. The van der Waals surface area contributed by atoms with E-state index in [0.717, 1.165) is 0 Å².